The summed E-state index contributed by atoms with van der Waals surface area (Å²) in [5.41, 5.74) is 1.61. The van der Waals surface area contributed by atoms with Crippen LogP contribution in [0.15, 0.2) is 23.2 Å². The average Bonchev–Trinajstić information content (AvgIpc) is 3.20. The van der Waals surface area contributed by atoms with E-state index in [4.69, 9.17) is 10.00 Å². The molecule has 0 aliphatic carbocycles. The van der Waals surface area contributed by atoms with Gasteiger partial charge < -0.3 is 4.74 Å². The minimum Gasteiger partial charge on any atom is -0.473 e. The second kappa shape index (κ2) is 7.29. The normalized spacial score (nSPS) is 18.0. The number of ether oxygens (including phenoxy) is 1. The Morgan fingerprint density at radius 2 is 2.11 bits per heavy atom. The number of pyridine rings is 1. The van der Waals surface area contributed by atoms with E-state index < -0.39 is 10.0 Å². The Morgan fingerprint density at radius 3 is 2.74 bits per heavy atom. The molecule has 0 bridgehead atoms. The second-order valence-corrected chi connectivity index (χ2v) is 8.80. The molecule has 144 valence electrons. The highest BCUT2D eigenvalue weighted by atomic mass is 32.2. The maximum absolute atomic E-state index is 13.2. The van der Waals surface area contributed by atoms with Crippen molar-refractivity contribution >= 4 is 10.0 Å². The summed E-state index contributed by atoms with van der Waals surface area (Å²) in [4.78, 5) is 4.37. The van der Waals surface area contributed by atoms with Gasteiger partial charge in [0.15, 0.2) is 0 Å². The van der Waals surface area contributed by atoms with Gasteiger partial charge in [-0.25, -0.2) is 13.4 Å². The minimum atomic E-state index is -3.65. The maximum atomic E-state index is 13.2. The average molecular weight is 389 g/mol. The van der Waals surface area contributed by atoms with E-state index in [0.29, 0.717) is 35.8 Å². The zero-order valence-corrected chi connectivity index (χ0v) is 16.7. The van der Waals surface area contributed by atoms with Gasteiger partial charge in [-0.2, -0.15) is 14.7 Å². The Kier molecular flexibility index (Phi) is 5.22. The molecule has 3 rings (SSSR count). The van der Waals surface area contributed by atoms with Crippen molar-refractivity contribution in [2.75, 3.05) is 13.1 Å². The molecular weight excluding hydrogens is 366 g/mol. The van der Waals surface area contributed by atoms with Crippen LogP contribution >= 0.6 is 0 Å². The Morgan fingerprint density at radius 1 is 1.37 bits per heavy atom. The van der Waals surface area contributed by atoms with Crippen LogP contribution in [0.4, 0.5) is 0 Å². The molecule has 8 nitrogen and oxygen atoms in total. The van der Waals surface area contributed by atoms with Crippen LogP contribution in [0.1, 0.15) is 43.3 Å². The van der Waals surface area contributed by atoms with Gasteiger partial charge >= 0.3 is 0 Å². The van der Waals surface area contributed by atoms with Crippen LogP contribution in [0.2, 0.25) is 0 Å². The van der Waals surface area contributed by atoms with Gasteiger partial charge in [-0.15, -0.1) is 0 Å². The number of aromatic nitrogens is 3. The predicted molar refractivity (Wildman–Crippen MR) is 98.8 cm³/mol. The molecule has 9 heteroatoms. The summed E-state index contributed by atoms with van der Waals surface area (Å²) in [6.45, 7) is 8.06. The fourth-order valence-electron chi connectivity index (χ4n) is 3.38. The third-order valence-corrected chi connectivity index (χ3v) is 6.72. The van der Waals surface area contributed by atoms with Crippen LogP contribution in [0.5, 0.6) is 5.88 Å². The van der Waals surface area contributed by atoms with Crippen LogP contribution in [-0.4, -0.2) is 46.7 Å². The molecule has 2 aromatic rings. The van der Waals surface area contributed by atoms with Gasteiger partial charge in [0.2, 0.25) is 15.9 Å². The summed E-state index contributed by atoms with van der Waals surface area (Å²) < 4.78 is 35.3. The molecule has 0 saturated carbocycles. The number of hydrogen-bond acceptors (Lipinski definition) is 6. The highest BCUT2D eigenvalue weighted by Gasteiger charge is 2.37. The molecule has 1 aliphatic rings. The Bertz CT molecular complexity index is 991. The smallest absolute Gasteiger partial charge is 0.246 e. The highest BCUT2D eigenvalue weighted by molar-refractivity contribution is 7.89. The summed E-state index contributed by atoms with van der Waals surface area (Å²) in [6, 6.07) is 5.27. The molecule has 1 aliphatic heterocycles. The van der Waals surface area contributed by atoms with Gasteiger partial charge in [-0.1, -0.05) is 0 Å². The number of aryl methyl sites for hydroxylation is 1. The lowest BCUT2D eigenvalue weighted by Gasteiger charge is -2.17. The van der Waals surface area contributed by atoms with E-state index in [9.17, 15) is 8.42 Å². The van der Waals surface area contributed by atoms with E-state index in [1.165, 1.54) is 10.5 Å². The Hall–Kier alpha value is -2.44. The predicted octanol–water partition coefficient (Wildman–Crippen LogP) is 2.19. The van der Waals surface area contributed by atoms with Crippen LogP contribution in [-0.2, 0) is 10.0 Å². The van der Waals surface area contributed by atoms with Crippen molar-refractivity contribution in [2.24, 2.45) is 0 Å². The first-order valence-electron chi connectivity index (χ1n) is 8.82. The summed E-state index contributed by atoms with van der Waals surface area (Å²) >= 11 is 0. The van der Waals surface area contributed by atoms with Gasteiger partial charge in [0, 0.05) is 24.8 Å². The summed E-state index contributed by atoms with van der Waals surface area (Å²) in [5.74, 6) is 0.332. The van der Waals surface area contributed by atoms with E-state index >= 15 is 0 Å². The lowest BCUT2D eigenvalue weighted by molar-refractivity contribution is 0.207. The van der Waals surface area contributed by atoms with E-state index in [0.717, 1.165) is 0 Å². The highest BCUT2D eigenvalue weighted by Crippen LogP contribution is 2.29. The fraction of sp³-hybridized carbons (Fsp3) is 0.500. The van der Waals surface area contributed by atoms with E-state index in [2.05, 4.69) is 10.1 Å². The molecule has 1 saturated heterocycles. The third kappa shape index (κ3) is 3.68. The van der Waals surface area contributed by atoms with Crippen molar-refractivity contribution in [1.29, 1.82) is 5.26 Å². The molecule has 1 atom stereocenters. The standard InChI is InChI=1S/C18H23N5O3S/c1-12(2)23-14(4)18(13(3)21-23)27(24,25)22-8-6-16(11-22)26-17-9-15(10-19)5-7-20-17/h5,7,9,12,16H,6,8,11H2,1-4H3. The van der Waals surface area contributed by atoms with Gasteiger partial charge in [0.05, 0.1) is 29.6 Å². The van der Waals surface area contributed by atoms with E-state index in [-0.39, 0.29) is 23.6 Å². The van der Waals surface area contributed by atoms with Crippen molar-refractivity contribution in [3.8, 4) is 11.9 Å². The monoisotopic (exact) mass is 389 g/mol. The van der Waals surface area contributed by atoms with E-state index in [1.807, 2.05) is 19.9 Å². The molecule has 0 spiro atoms. The molecule has 27 heavy (non-hydrogen) atoms. The number of nitriles is 1. The molecule has 3 heterocycles. The SMILES string of the molecule is Cc1nn(C(C)C)c(C)c1S(=O)(=O)N1CCC(Oc2cc(C#N)ccn2)C1. The number of rotatable bonds is 5. The molecule has 0 aromatic carbocycles. The fourth-order valence-corrected chi connectivity index (χ4v) is 5.23. The van der Waals surface area contributed by atoms with Crippen LogP contribution in [0.3, 0.4) is 0 Å². The first-order valence-corrected chi connectivity index (χ1v) is 10.3. The molecule has 2 aromatic heterocycles. The van der Waals surface area contributed by atoms with Crippen molar-refractivity contribution in [3.05, 3.63) is 35.3 Å². The van der Waals surface area contributed by atoms with Gasteiger partial charge in [-0.05, 0) is 40.2 Å². The van der Waals surface area contributed by atoms with Gasteiger partial charge in [0.1, 0.15) is 11.0 Å². The first kappa shape index (κ1) is 19.3. The maximum Gasteiger partial charge on any atom is 0.246 e. The van der Waals surface area contributed by atoms with E-state index in [1.54, 1.807) is 30.7 Å². The van der Waals surface area contributed by atoms with Gasteiger partial charge in [0.25, 0.3) is 0 Å². The summed E-state index contributed by atoms with van der Waals surface area (Å²) in [7, 11) is -3.65. The molecule has 1 unspecified atom stereocenters. The third-order valence-electron chi connectivity index (χ3n) is 4.60. The number of hydrogen-bond donors (Lipinski definition) is 0. The topological polar surface area (TPSA) is 101 Å². The zero-order valence-electron chi connectivity index (χ0n) is 15.9. The Balaban J connectivity index is 1.79. The first-order chi connectivity index (χ1) is 12.7. The summed E-state index contributed by atoms with van der Waals surface area (Å²) in [5, 5.41) is 13.4. The molecule has 0 radical (unpaired) electrons. The van der Waals surface area contributed by atoms with Crippen molar-refractivity contribution < 1.29 is 13.2 Å². The molecular formula is C18H23N5O3S. The van der Waals surface area contributed by atoms with Crippen molar-refractivity contribution in [1.82, 2.24) is 19.1 Å². The van der Waals surface area contributed by atoms with Crippen molar-refractivity contribution in [3.63, 3.8) is 0 Å². The number of nitrogens with zero attached hydrogens (tertiary/aromatic N) is 5. The summed E-state index contributed by atoms with van der Waals surface area (Å²) in [6.07, 6.45) is 1.76. The van der Waals surface area contributed by atoms with Crippen LogP contribution in [0.25, 0.3) is 0 Å². The lowest BCUT2D eigenvalue weighted by Crippen LogP contribution is -2.31. The quantitative estimate of drug-likeness (QED) is 0.777. The van der Waals surface area contributed by atoms with Crippen LogP contribution in [0, 0.1) is 25.2 Å². The van der Waals surface area contributed by atoms with Gasteiger partial charge in [-0.3, -0.25) is 4.68 Å². The second-order valence-electron chi connectivity index (χ2n) is 6.92. The lowest BCUT2D eigenvalue weighted by atomic mass is 10.3. The number of sulfonamides is 1. The molecule has 1 fully saturated rings. The zero-order chi connectivity index (χ0) is 19.8. The minimum absolute atomic E-state index is 0.0841. The Labute approximate surface area is 159 Å². The molecule has 0 N–H and O–H groups in total. The van der Waals surface area contributed by atoms with Crippen molar-refractivity contribution in [2.45, 2.75) is 51.2 Å². The largest absolute Gasteiger partial charge is 0.473 e. The van der Waals surface area contributed by atoms with Crippen LogP contribution < -0.4 is 4.74 Å². The molecule has 0 amide bonds.